The maximum absolute atomic E-state index is 12.7. The molecule has 3 rings (SSSR count). The molecule has 0 radical (unpaired) electrons. The largest absolute Gasteiger partial charge is 0.459 e. The average Bonchev–Trinajstić information content (AvgIpc) is 3.27. The Morgan fingerprint density at radius 3 is 2.57 bits per heavy atom. The summed E-state index contributed by atoms with van der Waals surface area (Å²) in [5, 5.41) is 5.66. The van der Waals surface area contributed by atoms with Crippen molar-refractivity contribution in [2.45, 2.75) is 38.8 Å². The third-order valence-electron chi connectivity index (χ3n) is 4.82. The summed E-state index contributed by atoms with van der Waals surface area (Å²) in [6.07, 6.45) is 3.86. The fraction of sp³-hybridized carbons (Fsp3) is 0.381. The van der Waals surface area contributed by atoms with Gasteiger partial charge in [-0.1, -0.05) is 12.1 Å². The van der Waals surface area contributed by atoms with Crippen LogP contribution in [0.5, 0.6) is 0 Å². The molecule has 1 aromatic heterocycles. The quantitative estimate of drug-likeness (QED) is 0.801. The van der Waals surface area contributed by atoms with E-state index in [0.717, 1.165) is 18.4 Å². The number of rotatable bonds is 6. The van der Waals surface area contributed by atoms with Crippen molar-refractivity contribution in [3.8, 4) is 0 Å². The van der Waals surface area contributed by atoms with E-state index in [2.05, 4.69) is 10.6 Å². The van der Waals surface area contributed by atoms with Gasteiger partial charge < -0.3 is 20.0 Å². The van der Waals surface area contributed by atoms with Gasteiger partial charge >= 0.3 is 0 Å². The van der Waals surface area contributed by atoms with Crippen molar-refractivity contribution in [2.75, 3.05) is 13.1 Å². The molecule has 1 unspecified atom stereocenters. The number of carbonyl (C=O) groups excluding carboxylic acids is 3. The molecule has 0 aliphatic carbocycles. The average molecular weight is 383 g/mol. The molecule has 0 bridgehead atoms. The monoisotopic (exact) mass is 383 g/mol. The second kappa shape index (κ2) is 9.21. The van der Waals surface area contributed by atoms with Gasteiger partial charge in [-0.2, -0.15) is 0 Å². The van der Waals surface area contributed by atoms with Gasteiger partial charge in [-0.25, -0.2) is 0 Å². The minimum absolute atomic E-state index is 0.118. The Hall–Kier alpha value is -3.09. The van der Waals surface area contributed by atoms with E-state index in [1.807, 2.05) is 19.1 Å². The number of amides is 3. The highest BCUT2D eigenvalue weighted by atomic mass is 16.3. The van der Waals surface area contributed by atoms with Crippen LogP contribution in [0.1, 0.15) is 52.7 Å². The van der Waals surface area contributed by atoms with Gasteiger partial charge in [0.2, 0.25) is 5.91 Å². The Morgan fingerprint density at radius 1 is 1.11 bits per heavy atom. The summed E-state index contributed by atoms with van der Waals surface area (Å²) < 4.78 is 5.20. The smallest absolute Gasteiger partial charge is 0.290 e. The van der Waals surface area contributed by atoms with E-state index in [9.17, 15) is 14.4 Å². The molecule has 0 spiro atoms. The van der Waals surface area contributed by atoms with Crippen molar-refractivity contribution >= 4 is 17.7 Å². The first-order valence-corrected chi connectivity index (χ1v) is 9.59. The highest BCUT2D eigenvalue weighted by molar-refractivity contribution is 5.96. The van der Waals surface area contributed by atoms with Gasteiger partial charge in [-0.15, -0.1) is 0 Å². The lowest BCUT2D eigenvalue weighted by molar-refractivity contribution is -0.126. The first kappa shape index (κ1) is 19.7. The van der Waals surface area contributed by atoms with Crippen molar-refractivity contribution in [3.63, 3.8) is 0 Å². The van der Waals surface area contributed by atoms with Gasteiger partial charge in [0, 0.05) is 25.2 Å². The summed E-state index contributed by atoms with van der Waals surface area (Å²) in [6, 6.07) is 9.88. The fourth-order valence-corrected chi connectivity index (χ4v) is 3.33. The predicted octanol–water partition coefficient (Wildman–Crippen LogP) is 2.34. The molecule has 148 valence electrons. The Labute approximate surface area is 164 Å². The second-order valence-corrected chi connectivity index (χ2v) is 6.76. The van der Waals surface area contributed by atoms with Crippen LogP contribution in [-0.4, -0.2) is 41.8 Å². The Balaban J connectivity index is 1.60. The minimum Gasteiger partial charge on any atom is -0.459 e. The minimum atomic E-state index is -0.499. The summed E-state index contributed by atoms with van der Waals surface area (Å²) in [6.45, 7) is 3.32. The Kier molecular flexibility index (Phi) is 6.47. The molecule has 1 aliphatic heterocycles. The maximum atomic E-state index is 12.7. The lowest BCUT2D eigenvalue weighted by atomic mass is 10.0. The van der Waals surface area contributed by atoms with E-state index in [0.29, 0.717) is 31.6 Å². The molecule has 0 saturated carbocycles. The summed E-state index contributed by atoms with van der Waals surface area (Å²) >= 11 is 0. The molecule has 1 aliphatic rings. The van der Waals surface area contributed by atoms with E-state index in [1.165, 1.54) is 6.26 Å². The first-order valence-electron chi connectivity index (χ1n) is 9.59. The highest BCUT2D eigenvalue weighted by Gasteiger charge is 2.33. The van der Waals surface area contributed by atoms with Crippen LogP contribution < -0.4 is 10.6 Å². The van der Waals surface area contributed by atoms with Crippen LogP contribution >= 0.6 is 0 Å². The zero-order chi connectivity index (χ0) is 19.9. The van der Waals surface area contributed by atoms with Crippen LogP contribution in [0.25, 0.3) is 0 Å². The lowest BCUT2D eigenvalue weighted by Gasteiger charge is -2.34. The molecular weight excluding hydrogens is 358 g/mol. The number of hydrogen-bond acceptors (Lipinski definition) is 4. The molecule has 7 nitrogen and oxygen atoms in total. The zero-order valence-corrected chi connectivity index (χ0v) is 15.9. The van der Waals surface area contributed by atoms with Gasteiger partial charge in [0.15, 0.2) is 5.76 Å². The van der Waals surface area contributed by atoms with Gasteiger partial charge in [0.05, 0.1) is 6.26 Å². The van der Waals surface area contributed by atoms with Crippen molar-refractivity contribution in [1.29, 1.82) is 0 Å². The number of likely N-dealkylation sites (tertiary alicyclic amines) is 1. The van der Waals surface area contributed by atoms with Crippen LogP contribution in [0.15, 0.2) is 47.1 Å². The van der Waals surface area contributed by atoms with Gasteiger partial charge in [0.1, 0.15) is 6.04 Å². The Morgan fingerprint density at radius 2 is 1.89 bits per heavy atom. The van der Waals surface area contributed by atoms with Crippen molar-refractivity contribution in [1.82, 2.24) is 15.5 Å². The molecular formula is C21H25N3O4. The maximum Gasteiger partial charge on any atom is 0.290 e. The highest BCUT2D eigenvalue weighted by Crippen LogP contribution is 2.20. The SMILES string of the molecule is CCNC(=O)c1ccc(CNC(=O)C2CCCCN2C(=O)c2ccco2)cc1. The van der Waals surface area contributed by atoms with Crippen LogP contribution in [0, 0.1) is 0 Å². The number of benzene rings is 1. The topological polar surface area (TPSA) is 91.7 Å². The summed E-state index contributed by atoms with van der Waals surface area (Å²) in [4.78, 5) is 38.7. The Bertz CT molecular complexity index is 815. The summed E-state index contributed by atoms with van der Waals surface area (Å²) in [7, 11) is 0. The van der Waals surface area contributed by atoms with Crippen LogP contribution in [0.4, 0.5) is 0 Å². The van der Waals surface area contributed by atoms with E-state index >= 15 is 0 Å². The number of carbonyl (C=O) groups is 3. The van der Waals surface area contributed by atoms with Crippen LogP contribution in [-0.2, 0) is 11.3 Å². The van der Waals surface area contributed by atoms with Gasteiger partial charge in [-0.05, 0) is 56.0 Å². The van der Waals surface area contributed by atoms with E-state index in [-0.39, 0.29) is 23.5 Å². The van der Waals surface area contributed by atoms with Gasteiger partial charge in [-0.3, -0.25) is 14.4 Å². The molecule has 28 heavy (non-hydrogen) atoms. The fourth-order valence-electron chi connectivity index (χ4n) is 3.33. The number of hydrogen-bond donors (Lipinski definition) is 2. The number of furan rings is 1. The molecule has 2 aromatic rings. The third kappa shape index (κ3) is 4.60. The molecule has 1 aromatic carbocycles. The number of piperidine rings is 1. The number of nitrogens with one attached hydrogen (secondary N) is 2. The molecule has 7 heteroatoms. The molecule has 2 heterocycles. The van der Waals surface area contributed by atoms with E-state index in [4.69, 9.17) is 4.42 Å². The number of nitrogens with zero attached hydrogens (tertiary/aromatic N) is 1. The predicted molar refractivity (Wildman–Crippen MR) is 104 cm³/mol. The summed E-state index contributed by atoms with van der Waals surface area (Å²) in [5.74, 6) is -0.295. The van der Waals surface area contributed by atoms with Crippen molar-refractivity contribution in [3.05, 3.63) is 59.5 Å². The molecule has 2 N–H and O–H groups in total. The van der Waals surface area contributed by atoms with Crippen molar-refractivity contribution in [2.24, 2.45) is 0 Å². The van der Waals surface area contributed by atoms with Crippen molar-refractivity contribution < 1.29 is 18.8 Å². The standard InChI is InChI=1S/C21H25N3O4/c1-2-22-19(25)16-10-8-15(9-11-16)14-23-20(26)17-6-3-4-12-24(17)21(27)18-7-5-13-28-18/h5,7-11,13,17H,2-4,6,12,14H2,1H3,(H,22,25)(H,23,26). The lowest BCUT2D eigenvalue weighted by Crippen LogP contribution is -2.51. The molecule has 3 amide bonds. The third-order valence-corrected chi connectivity index (χ3v) is 4.82. The molecule has 1 fully saturated rings. The van der Waals surface area contributed by atoms with Crippen LogP contribution in [0.2, 0.25) is 0 Å². The van der Waals surface area contributed by atoms with E-state index < -0.39 is 6.04 Å². The molecule has 1 saturated heterocycles. The normalized spacial score (nSPS) is 16.5. The van der Waals surface area contributed by atoms with Gasteiger partial charge in [0.25, 0.3) is 11.8 Å². The summed E-state index contributed by atoms with van der Waals surface area (Å²) in [5.41, 5.74) is 1.47. The van der Waals surface area contributed by atoms with E-state index in [1.54, 1.807) is 29.2 Å². The first-order chi connectivity index (χ1) is 13.6. The van der Waals surface area contributed by atoms with Crippen LogP contribution in [0.3, 0.4) is 0 Å². The second-order valence-electron chi connectivity index (χ2n) is 6.76. The zero-order valence-electron chi connectivity index (χ0n) is 15.9. The molecule has 1 atom stereocenters.